The van der Waals surface area contributed by atoms with Crippen molar-refractivity contribution in [1.82, 2.24) is 0 Å². The van der Waals surface area contributed by atoms with Crippen LogP contribution in [0.25, 0.3) is 5.57 Å². The molecular formula is C18H21N. The smallest absolute Gasteiger partial charge is 0.0400 e. The Morgan fingerprint density at radius 3 is 2.32 bits per heavy atom. The molecular weight excluding hydrogens is 230 g/mol. The minimum atomic E-state index is 0.775. The van der Waals surface area contributed by atoms with Gasteiger partial charge in [0.1, 0.15) is 0 Å². The van der Waals surface area contributed by atoms with Gasteiger partial charge in [-0.15, -0.1) is 0 Å². The first-order chi connectivity index (χ1) is 9.29. The fraction of sp³-hybridized carbons (Fsp3) is 0.222. The van der Waals surface area contributed by atoms with E-state index in [2.05, 4.69) is 55.2 Å². The van der Waals surface area contributed by atoms with Crippen LogP contribution in [0.2, 0.25) is 0 Å². The zero-order valence-electron chi connectivity index (χ0n) is 11.5. The molecule has 98 valence electrons. The Hall–Kier alpha value is -2.02. The second kappa shape index (κ2) is 6.79. The number of hydrogen-bond donors (Lipinski definition) is 1. The second-order valence-corrected chi connectivity index (χ2v) is 4.77. The number of rotatable bonds is 6. The Balaban J connectivity index is 1.90. The van der Waals surface area contributed by atoms with E-state index in [1.165, 1.54) is 17.5 Å². The fourth-order valence-corrected chi connectivity index (χ4v) is 2.06. The Morgan fingerprint density at radius 2 is 1.68 bits per heavy atom. The molecule has 0 saturated carbocycles. The Bertz CT molecular complexity index is 511. The summed E-state index contributed by atoms with van der Waals surface area (Å²) in [6.07, 6.45) is 2.34. The summed E-state index contributed by atoms with van der Waals surface area (Å²) in [7, 11) is 0. The van der Waals surface area contributed by atoms with E-state index in [1.807, 2.05) is 18.2 Å². The van der Waals surface area contributed by atoms with Gasteiger partial charge in [-0.3, -0.25) is 0 Å². The topological polar surface area (TPSA) is 12.0 Å². The highest BCUT2D eigenvalue weighted by Crippen LogP contribution is 2.15. The van der Waals surface area contributed by atoms with Crippen molar-refractivity contribution in [3.8, 4) is 0 Å². The molecule has 1 heteroatoms. The van der Waals surface area contributed by atoms with Crippen LogP contribution < -0.4 is 5.32 Å². The van der Waals surface area contributed by atoms with Gasteiger partial charge in [0.25, 0.3) is 0 Å². The SMILES string of the molecule is C=C(CNc1ccc(CCC)cc1)c1ccccc1. The summed E-state index contributed by atoms with van der Waals surface area (Å²) >= 11 is 0. The summed E-state index contributed by atoms with van der Waals surface area (Å²) < 4.78 is 0. The van der Waals surface area contributed by atoms with Crippen molar-refractivity contribution in [1.29, 1.82) is 0 Å². The van der Waals surface area contributed by atoms with Crippen molar-refractivity contribution in [3.63, 3.8) is 0 Å². The molecule has 19 heavy (non-hydrogen) atoms. The van der Waals surface area contributed by atoms with Crippen LogP contribution in [0.3, 0.4) is 0 Å². The molecule has 0 heterocycles. The summed E-state index contributed by atoms with van der Waals surface area (Å²) in [6, 6.07) is 19.0. The highest BCUT2D eigenvalue weighted by molar-refractivity contribution is 5.67. The molecule has 2 aromatic carbocycles. The molecule has 0 aliphatic carbocycles. The molecule has 2 aromatic rings. The average molecular weight is 251 g/mol. The molecule has 0 bridgehead atoms. The Labute approximate surface area is 116 Å². The third kappa shape index (κ3) is 3.99. The molecule has 0 unspecified atom stereocenters. The number of benzene rings is 2. The van der Waals surface area contributed by atoms with Gasteiger partial charge >= 0.3 is 0 Å². The van der Waals surface area contributed by atoms with Crippen molar-refractivity contribution in [2.45, 2.75) is 19.8 Å². The fourth-order valence-electron chi connectivity index (χ4n) is 2.06. The summed E-state index contributed by atoms with van der Waals surface area (Å²) in [5.74, 6) is 0. The van der Waals surface area contributed by atoms with Crippen LogP contribution in [-0.2, 0) is 6.42 Å². The van der Waals surface area contributed by atoms with E-state index in [0.717, 1.165) is 24.2 Å². The highest BCUT2D eigenvalue weighted by Gasteiger charge is 1.98. The monoisotopic (exact) mass is 251 g/mol. The average Bonchev–Trinajstić information content (AvgIpc) is 2.47. The first kappa shape index (κ1) is 13.4. The minimum absolute atomic E-state index is 0.775. The zero-order valence-corrected chi connectivity index (χ0v) is 11.5. The summed E-state index contributed by atoms with van der Waals surface area (Å²) in [5.41, 5.74) is 4.85. The molecule has 0 spiro atoms. The molecule has 0 atom stereocenters. The van der Waals surface area contributed by atoms with Crippen molar-refractivity contribution in [3.05, 3.63) is 72.3 Å². The lowest BCUT2D eigenvalue weighted by atomic mass is 10.1. The van der Waals surface area contributed by atoms with Crippen molar-refractivity contribution >= 4 is 11.3 Å². The van der Waals surface area contributed by atoms with E-state index in [1.54, 1.807) is 0 Å². The zero-order chi connectivity index (χ0) is 13.5. The van der Waals surface area contributed by atoms with Gasteiger partial charge < -0.3 is 5.32 Å². The lowest BCUT2D eigenvalue weighted by Gasteiger charge is -2.10. The molecule has 0 fully saturated rings. The molecule has 2 rings (SSSR count). The molecule has 0 aliphatic rings. The summed E-state index contributed by atoms with van der Waals surface area (Å²) in [5, 5.41) is 3.41. The molecule has 0 amide bonds. The van der Waals surface area contributed by atoms with Crippen LogP contribution in [0.1, 0.15) is 24.5 Å². The van der Waals surface area contributed by atoms with E-state index < -0.39 is 0 Å². The lowest BCUT2D eigenvalue weighted by Crippen LogP contribution is -2.03. The maximum atomic E-state index is 4.12. The number of aryl methyl sites for hydroxylation is 1. The third-order valence-electron chi connectivity index (χ3n) is 3.18. The number of anilines is 1. The molecule has 0 radical (unpaired) electrons. The normalized spacial score (nSPS) is 10.2. The van der Waals surface area contributed by atoms with E-state index in [0.29, 0.717) is 0 Å². The quantitative estimate of drug-likeness (QED) is 0.780. The summed E-state index contributed by atoms with van der Waals surface area (Å²) in [4.78, 5) is 0. The van der Waals surface area contributed by atoms with Gasteiger partial charge in [0, 0.05) is 12.2 Å². The van der Waals surface area contributed by atoms with Crippen LogP contribution in [0, 0.1) is 0 Å². The predicted molar refractivity (Wildman–Crippen MR) is 84.4 cm³/mol. The first-order valence-electron chi connectivity index (χ1n) is 6.85. The van der Waals surface area contributed by atoms with Crippen molar-refractivity contribution < 1.29 is 0 Å². The van der Waals surface area contributed by atoms with E-state index in [9.17, 15) is 0 Å². The molecule has 0 aromatic heterocycles. The van der Waals surface area contributed by atoms with E-state index in [-0.39, 0.29) is 0 Å². The Morgan fingerprint density at radius 1 is 1.00 bits per heavy atom. The van der Waals surface area contributed by atoms with Crippen LogP contribution in [0.4, 0.5) is 5.69 Å². The minimum Gasteiger partial charge on any atom is -0.381 e. The molecule has 1 N–H and O–H groups in total. The van der Waals surface area contributed by atoms with Gasteiger partial charge in [0.2, 0.25) is 0 Å². The molecule has 0 saturated heterocycles. The van der Waals surface area contributed by atoms with Crippen molar-refractivity contribution in [2.24, 2.45) is 0 Å². The van der Waals surface area contributed by atoms with Crippen molar-refractivity contribution in [2.75, 3.05) is 11.9 Å². The van der Waals surface area contributed by atoms with E-state index in [4.69, 9.17) is 0 Å². The maximum absolute atomic E-state index is 4.12. The molecule has 1 nitrogen and oxygen atoms in total. The largest absolute Gasteiger partial charge is 0.381 e. The number of nitrogens with one attached hydrogen (secondary N) is 1. The van der Waals surface area contributed by atoms with Gasteiger partial charge in [0.05, 0.1) is 0 Å². The Kier molecular flexibility index (Phi) is 4.79. The van der Waals surface area contributed by atoms with Crippen LogP contribution in [0.5, 0.6) is 0 Å². The van der Waals surface area contributed by atoms with Crippen LogP contribution >= 0.6 is 0 Å². The van der Waals surface area contributed by atoms with E-state index >= 15 is 0 Å². The lowest BCUT2D eigenvalue weighted by molar-refractivity contribution is 0.922. The third-order valence-corrected chi connectivity index (χ3v) is 3.18. The van der Waals surface area contributed by atoms with Gasteiger partial charge in [-0.1, -0.05) is 62.4 Å². The van der Waals surface area contributed by atoms with Crippen LogP contribution in [0.15, 0.2) is 61.2 Å². The standard InChI is InChI=1S/C18H21N/c1-3-7-16-10-12-18(13-11-16)19-14-15(2)17-8-5-4-6-9-17/h4-6,8-13,19H,2-3,7,14H2,1H3. The van der Waals surface area contributed by atoms with Gasteiger partial charge in [-0.25, -0.2) is 0 Å². The maximum Gasteiger partial charge on any atom is 0.0400 e. The second-order valence-electron chi connectivity index (χ2n) is 4.77. The van der Waals surface area contributed by atoms with Gasteiger partial charge in [0.15, 0.2) is 0 Å². The number of hydrogen-bond acceptors (Lipinski definition) is 1. The van der Waals surface area contributed by atoms with Gasteiger partial charge in [-0.2, -0.15) is 0 Å². The predicted octanol–water partition coefficient (Wildman–Crippen LogP) is 4.76. The van der Waals surface area contributed by atoms with Crippen LogP contribution in [-0.4, -0.2) is 6.54 Å². The summed E-state index contributed by atoms with van der Waals surface area (Å²) in [6.45, 7) is 7.10. The molecule has 0 aliphatic heterocycles. The first-order valence-corrected chi connectivity index (χ1v) is 6.85. The highest BCUT2D eigenvalue weighted by atomic mass is 14.9. The van der Waals surface area contributed by atoms with Gasteiger partial charge in [-0.05, 0) is 35.3 Å².